The Labute approximate surface area is 172 Å². The molecule has 1 aromatic heterocycles. The minimum atomic E-state index is -0.0799. The van der Waals surface area contributed by atoms with Crippen molar-refractivity contribution in [2.45, 2.75) is 38.8 Å². The molecule has 1 unspecified atom stereocenters. The van der Waals surface area contributed by atoms with E-state index in [2.05, 4.69) is 40.0 Å². The normalized spacial score (nSPS) is 16.5. The van der Waals surface area contributed by atoms with Gasteiger partial charge in [0.25, 0.3) is 0 Å². The first kappa shape index (κ1) is 20.7. The first-order chi connectivity index (χ1) is 13.7. The third-order valence-corrected chi connectivity index (χ3v) is 6.31. The van der Waals surface area contributed by atoms with Gasteiger partial charge in [0, 0.05) is 18.0 Å². The summed E-state index contributed by atoms with van der Waals surface area (Å²) in [6.07, 6.45) is 3.13. The number of amides is 2. The molecule has 0 bridgehead atoms. The molecule has 0 saturated carbocycles. The SMILES string of the molecule is CCC(NC(=O)NCC1CCN(Cc2cccs2)CC1)c1ccc(OC)cc1. The minimum absolute atomic E-state index is 0.0125. The maximum atomic E-state index is 12.4. The second-order valence-corrected chi connectivity index (χ2v) is 8.42. The Bertz CT molecular complexity index is 710. The lowest BCUT2D eigenvalue weighted by molar-refractivity contribution is 0.175. The molecule has 1 saturated heterocycles. The number of carbonyl (C=O) groups is 1. The van der Waals surface area contributed by atoms with Crippen LogP contribution in [0.1, 0.15) is 42.7 Å². The standard InChI is InChI=1S/C22H31N3O2S/c1-3-21(18-6-8-19(27-2)9-7-18)24-22(26)23-15-17-10-12-25(13-11-17)16-20-5-4-14-28-20/h4-9,14,17,21H,3,10-13,15-16H2,1-2H3,(H2,23,24,26). The van der Waals surface area contributed by atoms with Gasteiger partial charge >= 0.3 is 6.03 Å². The van der Waals surface area contributed by atoms with Gasteiger partial charge in [0.1, 0.15) is 5.75 Å². The maximum absolute atomic E-state index is 12.4. The van der Waals surface area contributed by atoms with Crippen LogP contribution in [-0.2, 0) is 6.54 Å². The van der Waals surface area contributed by atoms with Crippen molar-refractivity contribution in [1.82, 2.24) is 15.5 Å². The van der Waals surface area contributed by atoms with Crippen LogP contribution >= 0.6 is 11.3 Å². The number of rotatable bonds is 8. The molecule has 152 valence electrons. The number of nitrogens with one attached hydrogen (secondary N) is 2. The maximum Gasteiger partial charge on any atom is 0.315 e. The Morgan fingerprint density at radius 3 is 2.61 bits per heavy atom. The second-order valence-electron chi connectivity index (χ2n) is 7.39. The van der Waals surface area contributed by atoms with Crippen LogP contribution < -0.4 is 15.4 Å². The van der Waals surface area contributed by atoms with Gasteiger partial charge < -0.3 is 15.4 Å². The molecule has 0 aliphatic carbocycles. The van der Waals surface area contributed by atoms with Crippen LogP contribution in [0.25, 0.3) is 0 Å². The third kappa shape index (κ3) is 5.97. The molecular weight excluding hydrogens is 370 g/mol. The lowest BCUT2D eigenvalue weighted by Crippen LogP contribution is -2.42. The van der Waals surface area contributed by atoms with Gasteiger partial charge in [-0.05, 0) is 67.4 Å². The van der Waals surface area contributed by atoms with Crippen LogP contribution in [0.5, 0.6) is 5.75 Å². The number of hydrogen-bond acceptors (Lipinski definition) is 4. The number of carbonyl (C=O) groups excluding carboxylic acids is 1. The van der Waals surface area contributed by atoms with Gasteiger partial charge in [-0.2, -0.15) is 0 Å². The molecule has 1 atom stereocenters. The summed E-state index contributed by atoms with van der Waals surface area (Å²) in [4.78, 5) is 16.3. The summed E-state index contributed by atoms with van der Waals surface area (Å²) in [5.74, 6) is 1.39. The number of ether oxygens (including phenoxy) is 1. The van der Waals surface area contributed by atoms with E-state index in [0.717, 1.165) is 56.8 Å². The summed E-state index contributed by atoms with van der Waals surface area (Å²) in [7, 11) is 1.66. The highest BCUT2D eigenvalue weighted by Crippen LogP contribution is 2.21. The number of thiophene rings is 1. The molecule has 1 aliphatic heterocycles. The van der Waals surface area contributed by atoms with E-state index in [1.165, 1.54) is 4.88 Å². The van der Waals surface area contributed by atoms with Crippen LogP contribution in [0, 0.1) is 5.92 Å². The number of urea groups is 1. The molecule has 1 aliphatic rings. The molecule has 3 rings (SSSR count). The summed E-state index contributed by atoms with van der Waals surface area (Å²) >= 11 is 1.83. The first-order valence-corrected chi connectivity index (χ1v) is 11.0. The fourth-order valence-electron chi connectivity index (χ4n) is 3.68. The lowest BCUT2D eigenvalue weighted by Gasteiger charge is -2.31. The van der Waals surface area contributed by atoms with Gasteiger partial charge in [-0.1, -0.05) is 25.1 Å². The van der Waals surface area contributed by atoms with Crippen LogP contribution in [0.2, 0.25) is 0 Å². The molecular formula is C22H31N3O2S. The van der Waals surface area contributed by atoms with E-state index < -0.39 is 0 Å². The van der Waals surface area contributed by atoms with Gasteiger partial charge in [0.15, 0.2) is 0 Å². The largest absolute Gasteiger partial charge is 0.497 e. The minimum Gasteiger partial charge on any atom is -0.497 e. The zero-order valence-corrected chi connectivity index (χ0v) is 17.6. The Morgan fingerprint density at radius 2 is 2.00 bits per heavy atom. The van der Waals surface area contributed by atoms with Crippen molar-refractivity contribution in [3.63, 3.8) is 0 Å². The van der Waals surface area contributed by atoms with E-state index in [4.69, 9.17) is 4.74 Å². The molecule has 5 nitrogen and oxygen atoms in total. The summed E-state index contributed by atoms with van der Waals surface area (Å²) < 4.78 is 5.20. The number of benzene rings is 1. The summed E-state index contributed by atoms with van der Waals surface area (Å²) in [5.41, 5.74) is 1.10. The van der Waals surface area contributed by atoms with Crippen LogP contribution in [-0.4, -0.2) is 37.7 Å². The van der Waals surface area contributed by atoms with E-state index in [1.54, 1.807) is 7.11 Å². The zero-order valence-electron chi connectivity index (χ0n) is 16.8. The number of likely N-dealkylation sites (tertiary alicyclic amines) is 1. The van der Waals surface area contributed by atoms with Gasteiger partial charge in [0.05, 0.1) is 13.2 Å². The van der Waals surface area contributed by atoms with E-state index in [0.29, 0.717) is 5.92 Å². The first-order valence-electron chi connectivity index (χ1n) is 10.1. The zero-order chi connectivity index (χ0) is 19.8. The Balaban J connectivity index is 1.38. The average Bonchev–Trinajstić information content (AvgIpc) is 3.24. The van der Waals surface area contributed by atoms with Gasteiger partial charge in [-0.25, -0.2) is 4.79 Å². The number of methoxy groups -OCH3 is 1. The van der Waals surface area contributed by atoms with E-state index in [-0.39, 0.29) is 12.1 Å². The van der Waals surface area contributed by atoms with Crippen molar-refractivity contribution in [2.75, 3.05) is 26.7 Å². The monoisotopic (exact) mass is 401 g/mol. The molecule has 2 N–H and O–H groups in total. The predicted octanol–water partition coefficient (Wildman–Crippen LogP) is 4.42. The van der Waals surface area contributed by atoms with E-state index >= 15 is 0 Å². The summed E-state index contributed by atoms with van der Waals surface area (Å²) in [6, 6.07) is 12.1. The number of nitrogens with zero attached hydrogens (tertiary/aromatic N) is 1. The van der Waals surface area contributed by atoms with Gasteiger partial charge in [-0.15, -0.1) is 11.3 Å². The number of hydrogen-bond donors (Lipinski definition) is 2. The van der Waals surface area contributed by atoms with Crippen molar-refractivity contribution in [3.8, 4) is 5.75 Å². The van der Waals surface area contributed by atoms with Gasteiger partial charge in [-0.3, -0.25) is 4.90 Å². The summed E-state index contributed by atoms with van der Waals surface area (Å²) in [6.45, 7) is 6.10. The van der Waals surface area contributed by atoms with Crippen LogP contribution in [0.4, 0.5) is 4.79 Å². The van der Waals surface area contributed by atoms with Crippen molar-refractivity contribution in [1.29, 1.82) is 0 Å². The molecule has 0 radical (unpaired) electrons. The topological polar surface area (TPSA) is 53.6 Å². The molecule has 2 aromatic rings. The highest BCUT2D eigenvalue weighted by Gasteiger charge is 2.20. The fraction of sp³-hybridized carbons (Fsp3) is 0.500. The number of piperidine rings is 1. The smallest absolute Gasteiger partial charge is 0.315 e. The van der Waals surface area contributed by atoms with Crippen molar-refractivity contribution < 1.29 is 9.53 Å². The molecule has 2 heterocycles. The molecule has 1 fully saturated rings. The molecule has 6 heteroatoms. The third-order valence-electron chi connectivity index (χ3n) is 5.45. The van der Waals surface area contributed by atoms with Gasteiger partial charge in [0.2, 0.25) is 0 Å². The van der Waals surface area contributed by atoms with E-state index in [9.17, 15) is 4.79 Å². The fourth-order valence-corrected chi connectivity index (χ4v) is 4.42. The van der Waals surface area contributed by atoms with Crippen molar-refractivity contribution in [3.05, 3.63) is 52.2 Å². The van der Waals surface area contributed by atoms with Crippen molar-refractivity contribution in [2.24, 2.45) is 5.92 Å². The molecule has 2 amide bonds. The quantitative estimate of drug-likeness (QED) is 0.688. The average molecular weight is 402 g/mol. The molecule has 0 spiro atoms. The molecule has 1 aromatic carbocycles. The van der Waals surface area contributed by atoms with Crippen molar-refractivity contribution >= 4 is 17.4 Å². The summed E-state index contributed by atoms with van der Waals surface area (Å²) in [5, 5.41) is 8.32. The highest BCUT2D eigenvalue weighted by molar-refractivity contribution is 7.09. The second kappa shape index (κ2) is 10.5. The predicted molar refractivity (Wildman–Crippen MR) is 115 cm³/mol. The highest BCUT2D eigenvalue weighted by atomic mass is 32.1. The lowest BCUT2D eigenvalue weighted by atomic mass is 9.97. The van der Waals surface area contributed by atoms with E-state index in [1.807, 2.05) is 35.6 Å². The van der Waals surface area contributed by atoms with Crippen LogP contribution in [0.15, 0.2) is 41.8 Å². The Hall–Kier alpha value is -2.05. The Kier molecular flexibility index (Phi) is 7.74. The van der Waals surface area contributed by atoms with Crippen LogP contribution in [0.3, 0.4) is 0 Å². The molecule has 28 heavy (non-hydrogen) atoms. The Morgan fingerprint density at radius 1 is 1.25 bits per heavy atom.